The fraction of sp³-hybridized carbons (Fsp3) is 0.273. The molecule has 3 aromatic heterocycles. The monoisotopic (exact) mass is 629 g/mol. The Kier molecular flexibility index (Phi) is 6.50. The van der Waals surface area contributed by atoms with Crippen LogP contribution in [0.1, 0.15) is 79.0 Å². The van der Waals surface area contributed by atoms with Crippen molar-refractivity contribution in [1.82, 2.24) is 14.5 Å². The molecule has 8 rings (SSSR count). The lowest BCUT2D eigenvalue weighted by Gasteiger charge is -2.25. The second kappa shape index (κ2) is 10.3. The quantitative estimate of drug-likeness (QED) is 0.191. The number of fused-ring (bicyclic) bond motifs is 7. The van der Waals surface area contributed by atoms with Crippen molar-refractivity contribution in [1.29, 1.82) is 0 Å². The summed E-state index contributed by atoms with van der Waals surface area (Å²) in [6.45, 7) is 20.5. The van der Waals surface area contributed by atoms with E-state index in [9.17, 15) is 0 Å². The van der Waals surface area contributed by atoms with E-state index in [4.69, 9.17) is 14.4 Å². The summed E-state index contributed by atoms with van der Waals surface area (Å²) in [5, 5.41) is 5.66. The molecule has 0 fully saturated rings. The summed E-state index contributed by atoms with van der Waals surface area (Å²) in [5.41, 5.74) is 10.3. The van der Waals surface area contributed by atoms with Gasteiger partial charge in [-0.2, -0.15) is 0 Å². The summed E-state index contributed by atoms with van der Waals surface area (Å²) < 4.78 is 9.29. The molecule has 5 aromatic carbocycles. The molecule has 4 nitrogen and oxygen atoms in total. The number of aromatic nitrogens is 3. The zero-order chi connectivity index (χ0) is 33.7. The van der Waals surface area contributed by atoms with E-state index in [-0.39, 0.29) is 16.2 Å². The molecule has 0 N–H and O–H groups in total. The molecule has 0 radical (unpaired) electrons. The van der Waals surface area contributed by atoms with Crippen LogP contribution in [0.2, 0.25) is 0 Å². The normalized spacial score (nSPS) is 13.1. The lowest BCUT2D eigenvalue weighted by molar-refractivity contribution is 0.559. The van der Waals surface area contributed by atoms with Crippen LogP contribution in [0.3, 0.4) is 0 Å². The van der Waals surface area contributed by atoms with E-state index < -0.39 is 0 Å². The Morgan fingerprint density at radius 1 is 0.500 bits per heavy atom. The van der Waals surface area contributed by atoms with Crippen molar-refractivity contribution in [2.75, 3.05) is 0 Å². The number of rotatable bonds is 2. The predicted octanol–water partition coefficient (Wildman–Crippen LogP) is 12.2. The van der Waals surface area contributed by atoms with Crippen LogP contribution < -0.4 is 0 Å². The van der Waals surface area contributed by atoms with E-state index in [1.807, 2.05) is 0 Å². The third kappa shape index (κ3) is 4.72. The Labute approximate surface area is 282 Å². The van der Waals surface area contributed by atoms with Crippen molar-refractivity contribution in [3.05, 3.63) is 114 Å². The van der Waals surface area contributed by atoms with E-state index in [1.165, 1.54) is 27.5 Å². The van der Waals surface area contributed by atoms with Gasteiger partial charge >= 0.3 is 0 Å². The number of hydrogen-bond donors (Lipinski definition) is 0. The van der Waals surface area contributed by atoms with Crippen LogP contribution in [0.15, 0.2) is 101 Å². The van der Waals surface area contributed by atoms with Crippen LogP contribution >= 0.6 is 0 Å². The van der Waals surface area contributed by atoms with Crippen LogP contribution in [-0.2, 0) is 16.2 Å². The first-order valence-corrected chi connectivity index (χ1v) is 17.0. The topological polar surface area (TPSA) is 43.9 Å². The molecule has 8 aromatic rings. The van der Waals surface area contributed by atoms with Gasteiger partial charge in [-0.15, -0.1) is 0 Å². The Hall–Kier alpha value is -4.96. The van der Waals surface area contributed by atoms with Crippen LogP contribution in [-0.4, -0.2) is 14.5 Å². The summed E-state index contributed by atoms with van der Waals surface area (Å²) >= 11 is 0. The van der Waals surface area contributed by atoms with Crippen molar-refractivity contribution in [3.63, 3.8) is 0 Å². The average Bonchev–Trinajstić information content (AvgIpc) is 3.58. The van der Waals surface area contributed by atoms with E-state index in [0.29, 0.717) is 5.95 Å². The third-order valence-electron chi connectivity index (χ3n) is 9.84. The highest BCUT2D eigenvalue weighted by molar-refractivity contribution is 6.13. The van der Waals surface area contributed by atoms with Gasteiger partial charge < -0.3 is 4.42 Å². The Bertz CT molecular complexity index is 2510. The van der Waals surface area contributed by atoms with Crippen LogP contribution in [0.5, 0.6) is 0 Å². The number of benzene rings is 5. The molecule has 0 atom stereocenters. The van der Waals surface area contributed by atoms with Gasteiger partial charge in [-0.1, -0.05) is 123 Å². The van der Waals surface area contributed by atoms with Gasteiger partial charge in [0, 0.05) is 38.1 Å². The standard InChI is InChI=1S/C44H43N3O/c1-42(2,3)26-22-31-32-23-27(43(4,5)6)25-34(44(7,8)9)40(32)48-39(31)33(24-26)38-30-18-10-13-19-35(30)45-41(46-38)47-36-20-14-11-16-28(36)29-17-12-15-21-37(29)47/h10-25H,1-9H3. The van der Waals surface area contributed by atoms with Crippen molar-refractivity contribution in [3.8, 4) is 17.2 Å². The van der Waals surface area contributed by atoms with E-state index in [2.05, 4.69) is 164 Å². The van der Waals surface area contributed by atoms with Gasteiger partial charge in [-0.25, -0.2) is 9.97 Å². The first kappa shape index (κ1) is 30.4. The number of nitrogens with zero attached hydrogens (tertiary/aromatic N) is 3. The zero-order valence-electron chi connectivity index (χ0n) is 29.5. The van der Waals surface area contributed by atoms with Crippen molar-refractivity contribution in [2.45, 2.75) is 78.6 Å². The fourth-order valence-corrected chi connectivity index (χ4v) is 7.09. The second-order valence-corrected chi connectivity index (χ2v) is 16.4. The first-order chi connectivity index (χ1) is 22.7. The second-order valence-electron chi connectivity index (χ2n) is 16.4. The maximum Gasteiger partial charge on any atom is 0.235 e. The summed E-state index contributed by atoms with van der Waals surface area (Å²) in [6, 6.07) is 34.8. The van der Waals surface area contributed by atoms with Crippen LogP contribution in [0.4, 0.5) is 0 Å². The zero-order valence-corrected chi connectivity index (χ0v) is 29.5. The first-order valence-electron chi connectivity index (χ1n) is 17.0. The SMILES string of the molecule is CC(C)(C)c1cc(-c2nc(-n3c4ccccc4c4ccccc43)nc3ccccc23)c2oc3c(C(C)(C)C)cc(C(C)(C)C)cc3c2c1. The molecule has 3 heterocycles. The molecule has 240 valence electrons. The van der Waals surface area contributed by atoms with Crippen molar-refractivity contribution in [2.24, 2.45) is 0 Å². The van der Waals surface area contributed by atoms with Gasteiger partial charge in [0.2, 0.25) is 5.95 Å². The number of para-hydroxylation sites is 3. The van der Waals surface area contributed by atoms with Crippen LogP contribution in [0.25, 0.3) is 71.9 Å². The van der Waals surface area contributed by atoms with Crippen molar-refractivity contribution >= 4 is 54.6 Å². The van der Waals surface area contributed by atoms with Gasteiger partial charge in [0.25, 0.3) is 0 Å². The minimum Gasteiger partial charge on any atom is -0.455 e. The summed E-state index contributed by atoms with van der Waals surface area (Å²) in [6.07, 6.45) is 0. The molecular formula is C44H43N3O. The Morgan fingerprint density at radius 3 is 1.60 bits per heavy atom. The highest BCUT2D eigenvalue weighted by atomic mass is 16.3. The molecule has 0 saturated carbocycles. The molecule has 0 amide bonds. The minimum atomic E-state index is -0.105. The average molecular weight is 630 g/mol. The summed E-state index contributed by atoms with van der Waals surface area (Å²) in [7, 11) is 0. The molecule has 0 unspecified atom stereocenters. The van der Waals surface area contributed by atoms with Gasteiger partial charge in [-0.3, -0.25) is 4.57 Å². The minimum absolute atomic E-state index is 0.0116. The van der Waals surface area contributed by atoms with E-state index >= 15 is 0 Å². The number of hydrogen-bond acceptors (Lipinski definition) is 3. The fourth-order valence-electron chi connectivity index (χ4n) is 7.09. The molecule has 0 bridgehead atoms. The maximum atomic E-state index is 7.08. The summed E-state index contributed by atoms with van der Waals surface area (Å²) in [5.74, 6) is 0.650. The van der Waals surface area contributed by atoms with Crippen molar-refractivity contribution < 1.29 is 4.42 Å². The lowest BCUT2D eigenvalue weighted by Crippen LogP contribution is -2.16. The molecule has 48 heavy (non-hydrogen) atoms. The highest BCUT2D eigenvalue weighted by Crippen LogP contribution is 2.45. The molecule has 0 aliphatic carbocycles. The molecule has 0 aliphatic heterocycles. The summed E-state index contributed by atoms with van der Waals surface area (Å²) in [4.78, 5) is 10.7. The van der Waals surface area contributed by atoms with E-state index in [1.54, 1.807) is 0 Å². The molecular weight excluding hydrogens is 587 g/mol. The lowest BCUT2D eigenvalue weighted by atomic mass is 9.79. The maximum absolute atomic E-state index is 7.08. The van der Waals surface area contributed by atoms with Gasteiger partial charge in [0.1, 0.15) is 11.2 Å². The van der Waals surface area contributed by atoms with Crippen LogP contribution in [0, 0.1) is 0 Å². The largest absolute Gasteiger partial charge is 0.455 e. The predicted molar refractivity (Wildman–Crippen MR) is 203 cm³/mol. The van der Waals surface area contributed by atoms with E-state index in [0.717, 1.165) is 55.1 Å². The van der Waals surface area contributed by atoms with Gasteiger partial charge in [-0.05, 0) is 63.8 Å². The smallest absolute Gasteiger partial charge is 0.235 e. The molecule has 0 saturated heterocycles. The molecule has 0 spiro atoms. The Morgan fingerprint density at radius 2 is 1.02 bits per heavy atom. The molecule has 4 heteroatoms. The third-order valence-corrected chi connectivity index (χ3v) is 9.84. The molecule has 0 aliphatic rings. The Balaban J connectivity index is 1.53. The van der Waals surface area contributed by atoms with Gasteiger partial charge in [0.05, 0.1) is 22.2 Å². The van der Waals surface area contributed by atoms with Gasteiger partial charge in [0.15, 0.2) is 0 Å². The number of furan rings is 1. The highest BCUT2D eigenvalue weighted by Gasteiger charge is 2.28.